The third-order valence-electron chi connectivity index (χ3n) is 5.36. The Labute approximate surface area is 135 Å². The average molecular weight is 311 g/mol. The van der Waals surface area contributed by atoms with Crippen molar-refractivity contribution in [3.8, 4) is 0 Å². The van der Waals surface area contributed by atoms with Crippen molar-refractivity contribution in [2.75, 3.05) is 53.5 Å². The highest BCUT2D eigenvalue weighted by atomic mass is 16.5. The number of amides is 1. The van der Waals surface area contributed by atoms with Gasteiger partial charge >= 0.3 is 0 Å². The molecular formula is C17H33N3O2. The summed E-state index contributed by atoms with van der Waals surface area (Å²) in [5.41, 5.74) is 0.158. The monoisotopic (exact) mass is 311 g/mol. The second kappa shape index (κ2) is 8.85. The number of rotatable bonds is 6. The number of hydrogen-bond acceptors (Lipinski definition) is 4. The van der Waals surface area contributed by atoms with E-state index in [0.717, 1.165) is 39.4 Å². The normalized spacial score (nSPS) is 23.2. The van der Waals surface area contributed by atoms with E-state index in [0.29, 0.717) is 6.42 Å². The maximum atomic E-state index is 12.2. The second-order valence-corrected chi connectivity index (χ2v) is 7.01. The predicted octanol–water partition coefficient (Wildman–Crippen LogP) is 1.48. The molecule has 1 amide bonds. The van der Waals surface area contributed by atoms with E-state index in [1.165, 1.54) is 38.5 Å². The van der Waals surface area contributed by atoms with Crippen molar-refractivity contribution in [1.82, 2.24) is 15.1 Å². The van der Waals surface area contributed by atoms with Crippen molar-refractivity contribution >= 4 is 5.91 Å². The van der Waals surface area contributed by atoms with Crippen LogP contribution in [0.1, 0.15) is 44.9 Å². The van der Waals surface area contributed by atoms with E-state index in [-0.39, 0.29) is 11.4 Å². The van der Waals surface area contributed by atoms with E-state index < -0.39 is 0 Å². The molecule has 0 atom stereocenters. The largest absolute Gasteiger partial charge is 0.379 e. The molecule has 22 heavy (non-hydrogen) atoms. The molecule has 0 spiro atoms. The van der Waals surface area contributed by atoms with Crippen molar-refractivity contribution in [3.05, 3.63) is 0 Å². The summed E-state index contributed by atoms with van der Waals surface area (Å²) < 4.78 is 5.34. The minimum Gasteiger partial charge on any atom is -0.379 e. The number of morpholine rings is 1. The van der Waals surface area contributed by atoms with Crippen LogP contribution in [-0.2, 0) is 9.53 Å². The standard InChI is InChI=1S/C17H33N3O2/c1-19(2)17(8-5-3-4-6-9-17)15-18-16(21)7-10-20-11-13-22-14-12-20/h3-15H2,1-2H3,(H,18,21). The van der Waals surface area contributed by atoms with E-state index in [1.807, 2.05) is 0 Å². The molecule has 1 N–H and O–H groups in total. The van der Waals surface area contributed by atoms with E-state index in [2.05, 4.69) is 29.2 Å². The fourth-order valence-corrected chi connectivity index (χ4v) is 3.60. The first-order chi connectivity index (χ1) is 10.6. The van der Waals surface area contributed by atoms with Crippen LogP contribution in [-0.4, -0.2) is 74.7 Å². The van der Waals surface area contributed by atoms with Gasteiger partial charge in [0, 0.05) is 38.1 Å². The van der Waals surface area contributed by atoms with Crippen LogP contribution in [0.5, 0.6) is 0 Å². The third kappa shape index (κ3) is 5.21. The Morgan fingerprint density at radius 1 is 1.14 bits per heavy atom. The highest BCUT2D eigenvalue weighted by Gasteiger charge is 2.33. The Kier molecular flexibility index (Phi) is 7.12. The van der Waals surface area contributed by atoms with Crippen LogP contribution in [0.3, 0.4) is 0 Å². The van der Waals surface area contributed by atoms with Gasteiger partial charge in [0.25, 0.3) is 0 Å². The van der Waals surface area contributed by atoms with Crippen LogP contribution in [0, 0.1) is 0 Å². The summed E-state index contributed by atoms with van der Waals surface area (Å²) in [6, 6.07) is 0. The zero-order chi connectivity index (χ0) is 15.8. The fraction of sp³-hybridized carbons (Fsp3) is 0.941. The zero-order valence-corrected chi connectivity index (χ0v) is 14.4. The van der Waals surface area contributed by atoms with Gasteiger partial charge in [-0.3, -0.25) is 9.69 Å². The molecule has 1 saturated heterocycles. The van der Waals surface area contributed by atoms with Gasteiger partial charge in [-0.15, -0.1) is 0 Å². The third-order valence-corrected chi connectivity index (χ3v) is 5.36. The molecule has 1 aliphatic carbocycles. The van der Waals surface area contributed by atoms with Crippen LogP contribution in [0.25, 0.3) is 0 Å². The molecule has 0 aromatic heterocycles. The fourth-order valence-electron chi connectivity index (χ4n) is 3.60. The highest BCUT2D eigenvalue weighted by molar-refractivity contribution is 5.76. The van der Waals surface area contributed by atoms with E-state index in [4.69, 9.17) is 4.74 Å². The summed E-state index contributed by atoms with van der Waals surface area (Å²) in [4.78, 5) is 16.8. The van der Waals surface area contributed by atoms with Gasteiger partial charge in [-0.2, -0.15) is 0 Å². The number of nitrogens with one attached hydrogen (secondary N) is 1. The van der Waals surface area contributed by atoms with Crippen LogP contribution < -0.4 is 5.32 Å². The maximum Gasteiger partial charge on any atom is 0.221 e. The molecule has 0 radical (unpaired) electrons. The van der Waals surface area contributed by atoms with Gasteiger partial charge in [0.05, 0.1) is 13.2 Å². The van der Waals surface area contributed by atoms with Gasteiger partial charge in [0.15, 0.2) is 0 Å². The topological polar surface area (TPSA) is 44.8 Å². The Bertz CT molecular complexity index is 333. The molecule has 2 rings (SSSR count). The summed E-state index contributed by atoms with van der Waals surface area (Å²) in [6.45, 7) is 5.15. The molecule has 128 valence electrons. The SMILES string of the molecule is CN(C)C1(CNC(=O)CCN2CCOCC2)CCCCCC1. The van der Waals surface area contributed by atoms with E-state index >= 15 is 0 Å². The smallest absolute Gasteiger partial charge is 0.221 e. The summed E-state index contributed by atoms with van der Waals surface area (Å²) in [7, 11) is 4.32. The molecule has 1 heterocycles. The Balaban J connectivity index is 1.74. The lowest BCUT2D eigenvalue weighted by Crippen LogP contribution is -2.52. The van der Waals surface area contributed by atoms with Crippen molar-refractivity contribution in [3.63, 3.8) is 0 Å². The number of ether oxygens (including phenoxy) is 1. The molecule has 5 nitrogen and oxygen atoms in total. The van der Waals surface area contributed by atoms with Crippen LogP contribution >= 0.6 is 0 Å². The molecule has 1 saturated carbocycles. The molecule has 0 unspecified atom stereocenters. The predicted molar refractivity (Wildman–Crippen MR) is 89.0 cm³/mol. The molecular weight excluding hydrogens is 278 g/mol. The lowest BCUT2D eigenvalue weighted by Gasteiger charge is -2.39. The van der Waals surface area contributed by atoms with Gasteiger partial charge in [0.2, 0.25) is 5.91 Å². The van der Waals surface area contributed by atoms with E-state index in [9.17, 15) is 4.79 Å². The maximum absolute atomic E-state index is 12.2. The molecule has 0 aromatic carbocycles. The first kappa shape index (κ1) is 17.7. The molecule has 0 bridgehead atoms. The minimum absolute atomic E-state index is 0.158. The highest BCUT2D eigenvalue weighted by Crippen LogP contribution is 2.30. The summed E-state index contributed by atoms with van der Waals surface area (Å²) in [5.74, 6) is 0.192. The summed E-state index contributed by atoms with van der Waals surface area (Å²) in [6.07, 6.45) is 8.22. The van der Waals surface area contributed by atoms with Gasteiger partial charge in [-0.25, -0.2) is 0 Å². The quantitative estimate of drug-likeness (QED) is 0.755. The molecule has 0 aromatic rings. The molecule has 2 aliphatic rings. The van der Waals surface area contributed by atoms with E-state index in [1.54, 1.807) is 0 Å². The Morgan fingerprint density at radius 3 is 2.36 bits per heavy atom. The van der Waals surface area contributed by atoms with Crippen molar-refractivity contribution in [2.45, 2.75) is 50.5 Å². The molecule has 5 heteroatoms. The Hall–Kier alpha value is -0.650. The van der Waals surface area contributed by atoms with Crippen LogP contribution in [0.15, 0.2) is 0 Å². The number of hydrogen-bond donors (Lipinski definition) is 1. The average Bonchev–Trinajstić information content (AvgIpc) is 2.78. The second-order valence-electron chi connectivity index (χ2n) is 7.01. The number of nitrogens with zero attached hydrogens (tertiary/aromatic N) is 2. The lowest BCUT2D eigenvalue weighted by molar-refractivity contribution is -0.122. The summed E-state index contributed by atoms with van der Waals surface area (Å²) >= 11 is 0. The first-order valence-corrected chi connectivity index (χ1v) is 8.87. The van der Waals surface area contributed by atoms with Gasteiger partial charge < -0.3 is 15.0 Å². The van der Waals surface area contributed by atoms with Crippen LogP contribution in [0.4, 0.5) is 0 Å². The minimum atomic E-state index is 0.158. The van der Waals surface area contributed by atoms with Crippen LogP contribution in [0.2, 0.25) is 0 Å². The number of carbonyl (C=O) groups excluding carboxylic acids is 1. The molecule has 1 aliphatic heterocycles. The molecule has 2 fully saturated rings. The first-order valence-electron chi connectivity index (χ1n) is 8.87. The van der Waals surface area contributed by atoms with Gasteiger partial charge in [-0.1, -0.05) is 25.7 Å². The lowest BCUT2D eigenvalue weighted by atomic mass is 9.88. The van der Waals surface area contributed by atoms with Crippen molar-refractivity contribution in [1.29, 1.82) is 0 Å². The summed E-state index contributed by atoms with van der Waals surface area (Å²) in [5, 5.41) is 3.20. The zero-order valence-electron chi connectivity index (χ0n) is 14.4. The van der Waals surface area contributed by atoms with Crippen molar-refractivity contribution < 1.29 is 9.53 Å². The number of likely N-dealkylation sites (N-methyl/N-ethyl adjacent to an activating group) is 1. The number of carbonyl (C=O) groups is 1. The van der Waals surface area contributed by atoms with Crippen molar-refractivity contribution in [2.24, 2.45) is 0 Å². The van der Waals surface area contributed by atoms with Gasteiger partial charge in [0.1, 0.15) is 0 Å². The van der Waals surface area contributed by atoms with Gasteiger partial charge in [-0.05, 0) is 26.9 Å². The Morgan fingerprint density at radius 2 is 1.77 bits per heavy atom.